The second-order valence-electron chi connectivity index (χ2n) is 10.1. The number of anilines is 1. The average Bonchev–Trinajstić information content (AvgIpc) is 3.07. The van der Waals surface area contributed by atoms with Gasteiger partial charge in [-0.05, 0) is 54.8 Å². The second kappa shape index (κ2) is 9.38. The number of carbonyl (C=O) groups is 1. The van der Waals surface area contributed by atoms with Gasteiger partial charge in [0.05, 0.1) is 6.61 Å². The number of nitrogens with one attached hydrogen (secondary N) is 1. The number of amides is 1. The van der Waals surface area contributed by atoms with Crippen LogP contribution in [0.1, 0.15) is 49.4 Å². The summed E-state index contributed by atoms with van der Waals surface area (Å²) in [5, 5.41) is 3.34. The third-order valence-corrected chi connectivity index (χ3v) is 7.44. The van der Waals surface area contributed by atoms with Crippen molar-refractivity contribution in [1.29, 1.82) is 0 Å². The minimum atomic E-state index is -0.640. The molecule has 2 aliphatic heterocycles. The Morgan fingerprint density at radius 1 is 1.00 bits per heavy atom. The van der Waals surface area contributed by atoms with E-state index >= 15 is 0 Å². The Balaban J connectivity index is 1.44. The molecule has 1 N–H and O–H groups in total. The number of hydrogen-bond donors (Lipinski definition) is 1. The Kier molecular flexibility index (Phi) is 6.25. The lowest BCUT2D eigenvalue weighted by Gasteiger charge is -2.49. The molecule has 5 nitrogen and oxygen atoms in total. The summed E-state index contributed by atoms with van der Waals surface area (Å²) in [4.78, 5) is 15.0. The maximum Gasteiger partial charge on any atom is 0.223 e. The van der Waals surface area contributed by atoms with E-state index in [2.05, 4.69) is 91.7 Å². The van der Waals surface area contributed by atoms with Gasteiger partial charge in [-0.25, -0.2) is 0 Å². The van der Waals surface area contributed by atoms with Crippen molar-refractivity contribution >= 4 is 17.7 Å². The molecule has 0 saturated carbocycles. The van der Waals surface area contributed by atoms with Gasteiger partial charge >= 0.3 is 0 Å². The summed E-state index contributed by atoms with van der Waals surface area (Å²) in [5.41, 5.74) is 4.80. The van der Waals surface area contributed by atoms with Gasteiger partial charge in [0.15, 0.2) is 11.5 Å². The normalized spacial score (nSPS) is 20.1. The Labute approximate surface area is 213 Å². The molecule has 186 valence electrons. The van der Waals surface area contributed by atoms with Crippen molar-refractivity contribution in [1.82, 2.24) is 5.32 Å². The first kappa shape index (κ1) is 24.0. The lowest BCUT2D eigenvalue weighted by atomic mass is 9.74. The molecule has 5 rings (SSSR count). The molecule has 2 aliphatic rings. The molecule has 0 spiro atoms. The molecule has 1 atom stereocenters. The summed E-state index contributed by atoms with van der Waals surface area (Å²) >= 11 is 0. The molecule has 3 aromatic carbocycles. The zero-order chi connectivity index (χ0) is 25.3. The Hall–Kier alpha value is -3.73. The minimum Gasteiger partial charge on any atom is -0.490 e. The van der Waals surface area contributed by atoms with Crippen molar-refractivity contribution in [3.8, 4) is 11.5 Å². The van der Waals surface area contributed by atoms with Crippen LogP contribution in [0.3, 0.4) is 0 Å². The van der Waals surface area contributed by atoms with Gasteiger partial charge in [-0.1, -0.05) is 74.0 Å². The summed E-state index contributed by atoms with van der Waals surface area (Å²) in [6, 6.07) is 22.8. The van der Waals surface area contributed by atoms with Crippen LogP contribution in [-0.4, -0.2) is 24.7 Å². The van der Waals surface area contributed by atoms with Crippen molar-refractivity contribution in [2.75, 3.05) is 18.1 Å². The van der Waals surface area contributed by atoms with E-state index in [1.165, 1.54) is 16.8 Å². The molecule has 0 radical (unpaired) electrons. The lowest BCUT2D eigenvalue weighted by molar-refractivity contribution is -0.124. The summed E-state index contributed by atoms with van der Waals surface area (Å²) in [7, 11) is 0. The highest BCUT2D eigenvalue weighted by Crippen LogP contribution is 2.52. The van der Waals surface area contributed by atoms with E-state index in [1.54, 1.807) is 0 Å². The fourth-order valence-corrected chi connectivity index (χ4v) is 5.40. The number of aryl methyl sites for hydroxylation is 1. The molecular formula is C31H34N2O3. The molecule has 5 heteroatoms. The Bertz CT molecular complexity index is 1300. The summed E-state index contributed by atoms with van der Waals surface area (Å²) in [6.45, 7) is 10.2. The van der Waals surface area contributed by atoms with Gasteiger partial charge in [0.2, 0.25) is 5.91 Å². The topological polar surface area (TPSA) is 50.8 Å². The van der Waals surface area contributed by atoms with E-state index in [9.17, 15) is 4.79 Å². The summed E-state index contributed by atoms with van der Waals surface area (Å²) < 4.78 is 12.0. The van der Waals surface area contributed by atoms with Crippen LogP contribution in [-0.2, 0) is 16.8 Å². The standard InChI is InChI=1S/C31H34N2O3/c1-5-35-28-20-23(14-15-27(28)36-21-24-12-10-22(2)11-13-24)16-18-31-30(3,4)25-8-6-7-9-26(25)33(31)19-17-29(34)32-31/h6-16,18,20H,5,17,19,21H2,1-4H3,(H,32,34)/t31-/m1/s1. The number of benzene rings is 3. The fraction of sp³-hybridized carbons (Fsp3) is 0.323. The summed E-state index contributed by atoms with van der Waals surface area (Å²) in [6.07, 6.45) is 4.71. The molecule has 1 saturated heterocycles. The maximum atomic E-state index is 12.6. The average molecular weight is 483 g/mol. The van der Waals surface area contributed by atoms with E-state index in [0.717, 1.165) is 11.1 Å². The van der Waals surface area contributed by atoms with Crippen LogP contribution in [0.4, 0.5) is 5.69 Å². The first-order valence-electron chi connectivity index (χ1n) is 12.7. The zero-order valence-electron chi connectivity index (χ0n) is 21.5. The quantitative estimate of drug-likeness (QED) is 0.449. The highest BCUT2D eigenvalue weighted by molar-refractivity contribution is 5.84. The number of ether oxygens (including phenoxy) is 2. The van der Waals surface area contributed by atoms with Crippen molar-refractivity contribution in [2.24, 2.45) is 0 Å². The molecule has 0 unspecified atom stereocenters. The molecule has 36 heavy (non-hydrogen) atoms. The SMILES string of the molecule is CCOc1cc(C=C[C@@]23NC(=O)CCN2c2ccccc2C3(C)C)ccc1OCc1ccc(C)cc1. The fourth-order valence-electron chi connectivity index (χ4n) is 5.40. The Morgan fingerprint density at radius 2 is 1.78 bits per heavy atom. The van der Waals surface area contributed by atoms with Crippen molar-refractivity contribution in [3.05, 3.63) is 95.1 Å². The largest absolute Gasteiger partial charge is 0.490 e. The number of fused-ring (bicyclic) bond motifs is 3. The van der Waals surface area contributed by atoms with Crippen molar-refractivity contribution in [2.45, 2.75) is 51.8 Å². The van der Waals surface area contributed by atoms with E-state index in [4.69, 9.17) is 9.47 Å². The van der Waals surface area contributed by atoms with Gasteiger partial charge < -0.3 is 19.7 Å². The lowest BCUT2D eigenvalue weighted by Crippen LogP contribution is -2.68. The smallest absolute Gasteiger partial charge is 0.223 e. The van der Waals surface area contributed by atoms with E-state index in [-0.39, 0.29) is 11.3 Å². The predicted molar refractivity (Wildman–Crippen MR) is 144 cm³/mol. The van der Waals surface area contributed by atoms with Crippen LogP contribution in [0.15, 0.2) is 72.8 Å². The van der Waals surface area contributed by atoms with Crippen LogP contribution >= 0.6 is 0 Å². The van der Waals surface area contributed by atoms with Crippen LogP contribution < -0.4 is 19.7 Å². The molecular weight excluding hydrogens is 448 g/mol. The van der Waals surface area contributed by atoms with Crippen molar-refractivity contribution < 1.29 is 14.3 Å². The monoisotopic (exact) mass is 482 g/mol. The van der Waals surface area contributed by atoms with Gasteiger partial charge in [0, 0.05) is 24.1 Å². The number of carbonyl (C=O) groups excluding carboxylic acids is 1. The molecule has 2 heterocycles. The highest BCUT2D eigenvalue weighted by atomic mass is 16.5. The summed E-state index contributed by atoms with van der Waals surface area (Å²) in [5.74, 6) is 1.50. The van der Waals surface area contributed by atoms with Crippen molar-refractivity contribution in [3.63, 3.8) is 0 Å². The van der Waals surface area contributed by atoms with Crippen LogP contribution in [0.25, 0.3) is 6.08 Å². The third kappa shape index (κ3) is 4.13. The first-order valence-corrected chi connectivity index (χ1v) is 12.7. The molecule has 1 amide bonds. The van der Waals surface area contributed by atoms with Crippen LogP contribution in [0.5, 0.6) is 11.5 Å². The van der Waals surface area contributed by atoms with E-state index in [0.29, 0.717) is 37.7 Å². The minimum absolute atomic E-state index is 0.0756. The van der Waals surface area contributed by atoms with Crippen LogP contribution in [0, 0.1) is 6.92 Å². The van der Waals surface area contributed by atoms with Gasteiger partial charge in [-0.15, -0.1) is 0 Å². The number of nitrogens with zero attached hydrogens (tertiary/aromatic N) is 1. The molecule has 0 aliphatic carbocycles. The van der Waals surface area contributed by atoms with E-state index in [1.807, 2.05) is 25.1 Å². The molecule has 1 fully saturated rings. The first-order chi connectivity index (χ1) is 17.3. The number of hydrogen-bond acceptors (Lipinski definition) is 4. The maximum absolute atomic E-state index is 12.6. The number of para-hydroxylation sites is 1. The predicted octanol–water partition coefficient (Wildman–Crippen LogP) is 6.00. The van der Waals surface area contributed by atoms with Gasteiger partial charge in [-0.3, -0.25) is 4.79 Å². The molecule has 3 aromatic rings. The Morgan fingerprint density at radius 3 is 2.56 bits per heavy atom. The van der Waals surface area contributed by atoms with Crippen LogP contribution in [0.2, 0.25) is 0 Å². The molecule has 0 aromatic heterocycles. The second-order valence-corrected chi connectivity index (χ2v) is 10.1. The molecule has 0 bridgehead atoms. The highest BCUT2D eigenvalue weighted by Gasteiger charge is 2.57. The van der Waals surface area contributed by atoms with Gasteiger partial charge in [0.25, 0.3) is 0 Å². The third-order valence-electron chi connectivity index (χ3n) is 7.44. The number of rotatable bonds is 7. The van der Waals surface area contributed by atoms with Gasteiger partial charge in [0.1, 0.15) is 12.3 Å². The zero-order valence-corrected chi connectivity index (χ0v) is 21.5. The van der Waals surface area contributed by atoms with Gasteiger partial charge in [-0.2, -0.15) is 0 Å². The van der Waals surface area contributed by atoms with E-state index < -0.39 is 5.66 Å².